The molecule has 0 saturated carbocycles. The first-order valence-electron chi connectivity index (χ1n) is 17.2. The Morgan fingerprint density at radius 3 is 1.86 bits per heavy atom. The maximum atomic E-state index is 5.45. The molecular formula is C43H41N5OS. The highest BCUT2D eigenvalue weighted by atomic mass is 32.2. The number of benzene rings is 5. The van der Waals surface area contributed by atoms with E-state index < -0.39 is 5.54 Å². The molecule has 0 aliphatic rings. The van der Waals surface area contributed by atoms with Crippen LogP contribution in [-0.2, 0) is 37.1 Å². The molecule has 2 heterocycles. The number of nitrogens with zero attached hydrogens (tertiary/aromatic N) is 5. The number of hydrogen-bond donors (Lipinski definition) is 0. The summed E-state index contributed by atoms with van der Waals surface area (Å²) in [5.41, 5.74) is 6.54. The van der Waals surface area contributed by atoms with E-state index in [1.165, 1.54) is 27.8 Å². The Morgan fingerprint density at radius 1 is 0.640 bits per heavy atom. The van der Waals surface area contributed by atoms with E-state index in [1.807, 2.05) is 18.5 Å². The van der Waals surface area contributed by atoms with Crippen molar-refractivity contribution in [3.63, 3.8) is 0 Å². The molecular weight excluding hydrogens is 635 g/mol. The van der Waals surface area contributed by atoms with Gasteiger partial charge in [-0.1, -0.05) is 145 Å². The minimum absolute atomic E-state index is 0.572. The fourth-order valence-electron chi connectivity index (χ4n) is 6.73. The molecule has 50 heavy (non-hydrogen) atoms. The Hall–Kier alpha value is -5.40. The second-order valence-electron chi connectivity index (χ2n) is 12.4. The van der Waals surface area contributed by atoms with Crippen LogP contribution in [-0.4, -0.2) is 31.4 Å². The molecule has 6 nitrogen and oxygen atoms in total. The van der Waals surface area contributed by atoms with Crippen molar-refractivity contribution in [3.05, 3.63) is 197 Å². The molecule has 0 saturated heterocycles. The zero-order valence-electron chi connectivity index (χ0n) is 28.3. The van der Waals surface area contributed by atoms with Gasteiger partial charge < -0.3 is 13.9 Å². The molecule has 5 aromatic carbocycles. The molecule has 0 unspecified atom stereocenters. The number of aromatic nitrogens is 5. The first-order valence-corrected chi connectivity index (χ1v) is 18.1. The molecule has 7 aromatic rings. The quantitative estimate of drug-likeness (QED) is 0.0802. The molecule has 0 aliphatic heterocycles. The Morgan fingerprint density at radius 2 is 1.24 bits per heavy atom. The lowest BCUT2D eigenvalue weighted by atomic mass is 9.77. The van der Waals surface area contributed by atoms with Crippen molar-refractivity contribution in [1.29, 1.82) is 0 Å². The van der Waals surface area contributed by atoms with Crippen molar-refractivity contribution in [1.82, 2.24) is 24.3 Å². The zero-order valence-corrected chi connectivity index (χ0v) is 29.1. The number of rotatable bonds is 15. The third kappa shape index (κ3) is 7.28. The second-order valence-corrected chi connectivity index (χ2v) is 13.3. The van der Waals surface area contributed by atoms with Crippen LogP contribution in [0.5, 0.6) is 5.75 Å². The van der Waals surface area contributed by atoms with Crippen LogP contribution in [0.15, 0.2) is 163 Å². The summed E-state index contributed by atoms with van der Waals surface area (Å²) in [6.07, 6.45) is 7.73. The lowest BCUT2D eigenvalue weighted by Gasteiger charge is -2.37. The molecule has 0 fully saturated rings. The normalized spacial score (nSPS) is 11.5. The lowest BCUT2D eigenvalue weighted by molar-refractivity contribution is 0.414. The topological polar surface area (TPSA) is 57.8 Å². The maximum absolute atomic E-state index is 5.45. The van der Waals surface area contributed by atoms with E-state index in [9.17, 15) is 0 Å². The van der Waals surface area contributed by atoms with Crippen molar-refractivity contribution in [3.8, 4) is 5.75 Å². The van der Waals surface area contributed by atoms with Crippen LogP contribution in [0.3, 0.4) is 0 Å². The number of ether oxygens (including phenoxy) is 1. The van der Waals surface area contributed by atoms with Gasteiger partial charge in [0.05, 0.1) is 19.1 Å². The molecule has 0 spiro atoms. The van der Waals surface area contributed by atoms with Crippen molar-refractivity contribution in [2.75, 3.05) is 7.11 Å². The number of aryl methyl sites for hydroxylation is 3. The van der Waals surface area contributed by atoms with Gasteiger partial charge in [-0.05, 0) is 59.2 Å². The molecule has 0 aliphatic carbocycles. The van der Waals surface area contributed by atoms with Gasteiger partial charge >= 0.3 is 0 Å². The zero-order chi connectivity index (χ0) is 34.0. The molecule has 0 radical (unpaired) electrons. The summed E-state index contributed by atoms with van der Waals surface area (Å²) in [7, 11) is 1.70. The number of hydrogen-bond acceptors (Lipinski definition) is 5. The van der Waals surface area contributed by atoms with E-state index in [4.69, 9.17) is 9.72 Å². The van der Waals surface area contributed by atoms with Crippen LogP contribution in [0.1, 0.15) is 45.8 Å². The summed E-state index contributed by atoms with van der Waals surface area (Å²) >= 11 is 1.72. The third-order valence-electron chi connectivity index (χ3n) is 9.19. The van der Waals surface area contributed by atoms with Crippen LogP contribution < -0.4 is 4.74 Å². The Balaban J connectivity index is 1.14. The van der Waals surface area contributed by atoms with Gasteiger partial charge in [0.15, 0.2) is 5.16 Å². The molecule has 0 atom stereocenters. The highest BCUT2D eigenvalue weighted by Crippen LogP contribution is 2.40. The van der Waals surface area contributed by atoms with E-state index in [1.54, 1.807) is 18.9 Å². The maximum Gasteiger partial charge on any atom is 0.191 e. The molecule has 2 aromatic heterocycles. The van der Waals surface area contributed by atoms with E-state index in [0.717, 1.165) is 60.4 Å². The summed E-state index contributed by atoms with van der Waals surface area (Å²) in [4.78, 5) is 5.00. The number of thioether (sulfide) groups is 1. The van der Waals surface area contributed by atoms with Crippen molar-refractivity contribution in [2.45, 2.75) is 48.7 Å². The van der Waals surface area contributed by atoms with E-state index >= 15 is 0 Å². The van der Waals surface area contributed by atoms with Gasteiger partial charge in [-0.2, -0.15) is 0 Å². The van der Waals surface area contributed by atoms with Crippen molar-refractivity contribution in [2.24, 2.45) is 0 Å². The largest absolute Gasteiger partial charge is 0.497 e. The third-order valence-corrected chi connectivity index (χ3v) is 10.2. The van der Waals surface area contributed by atoms with E-state index in [-0.39, 0.29) is 0 Å². The first kappa shape index (κ1) is 33.1. The predicted molar refractivity (Wildman–Crippen MR) is 202 cm³/mol. The van der Waals surface area contributed by atoms with E-state index in [2.05, 4.69) is 159 Å². The fourth-order valence-corrected chi connectivity index (χ4v) is 7.65. The molecule has 7 rings (SSSR count). The Labute approximate surface area is 298 Å². The summed E-state index contributed by atoms with van der Waals surface area (Å²) < 4.78 is 10.1. The lowest BCUT2D eigenvalue weighted by Crippen LogP contribution is -2.36. The Kier molecular flexibility index (Phi) is 10.5. The van der Waals surface area contributed by atoms with E-state index in [0.29, 0.717) is 0 Å². The highest BCUT2D eigenvalue weighted by Gasteiger charge is 2.38. The standard InChI is InChI=1S/C43H41N5OS/c1-49-40-26-14-18-35(30-40)32-50-42-46-45-41(28-27-34-16-6-2-7-17-34)48(42)29-15-25-39-31-47(33-44-39)43(36-19-8-3-9-20-36,37-21-10-4-11-22-37)38-23-12-5-13-24-38/h2-14,16-24,26,30-31,33H,15,25,27-29,32H2,1H3. The van der Waals surface area contributed by atoms with Gasteiger partial charge in [-0.3, -0.25) is 0 Å². The number of methoxy groups -OCH3 is 1. The average molecular weight is 676 g/mol. The monoisotopic (exact) mass is 675 g/mol. The summed E-state index contributed by atoms with van der Waals surface area (Å²) in [6.45, 7) is 0.811. The first-order chi connectivity index (χ1) is 24.7. The SMILES string of the molecule is COc1cccc(CSc2nnc(CCc3ccccc3)n2CCCc2cn(C(c3ccccc3)(c3ccccc3)c3ccccc3)cn2)c1. The highest BCUT2D eigenvalue weighted by molar-refractivity contribution is 7.98. The molecule has 250 valence electrons. The molecule has 7 heteroatoms. The van der Waals surface area contributed by atoms with Crippen LogP contribution in [0.25, 0.3) is 0 Å². The van der Waals surface area contributed by atoms with Gasteiger partial charge in [-0.25, -0.2) is 4.98 Å². The van der Waals surface area contributed by atoms with Crippen molar-refractivity contribution >= 4 is 11.8 Å². The average Bonchev–Trinajstić information content (AvgIpc) is 3.82. The smallest absolute Gasteiger partial charge is 0.191 e. The molecule has 0 amide bonds. The summed E-state index contributed by atoms with van der Waals surface area (Å²) in [5.74, 6) is 2.67. The van der Waals surface area contributed by atoms with Crippen LogP contribution in [0, 0.1) is 0 Å². The van der Waals surface area contributed by atoms with Gasteiger partial charge in [0.2, 0.25) is 0 Å². The van der Waals surface area contributed by atoms with Crippen LogP contribution in [0.4, 0.5) is 0 Å². The minimum atomic E-state index is -0.572. The molecule has 0 bridgehead atoms. The van der Waals surface area contributed by atoms with Gasteiger partial charge in [0.25, 0.3) is 0 Å². The van der Waals surface area contributed by atoms with Crippen molar-refractivity contribution < 1.29 is 4.74 Å². The second kappa shape index (κ2) is 15.9. The van der Waals surface area contributed by atoms with Crippen LogP contribution in [0.2, 0.25) is 0 Å². The van der Waals surface area contributed by atoms with Crippen LogP contribution >= 0.6 is 11.8 Å². The minimum Gasteiger partial charge on any atom is -0.497 e. The summed E-state index contributed by atoms with van der Waals surface area (Å²) in [6, 6.07) is 51.0. The Bertz CT molecular complexity index is 1980. The fraction of sp³-hybridized carbons (Fsp3) is 0.186. The summed E-state index contributed by atoms with van der Waals surface area (Å²) in [5, 5.41) is 10.3. The van der Waals surface area contributed by atoms with Gasteiger partial charge in [-0.15, -0.1) is 10.2 Å². The predicted octanol–water partition coefficient (Wildman–Crippen LogP) is 9.03. The number of imidazole rings is 1. The van der Waals surface area contributed by atoms with Gasteiger partial charge in [0.1, 0.15) is 17.1 Å². The molecule has 0 N–H and O–H groups in total. The van der Waals surface area contributed by atoms with Gasteiger partial charge in [0, 0.05) is 24.9 Å².